The van der Waals surface area contributed by atoms with Gasteiger partial charge in [0, 0.05) is 24.8 Å². The van der Waals surface area contributed by atoms with E-state index < -0.39 is 0 Å². The molecule has 2 atom stereocenters. The summed E-state index contributed by atoms with van der Waals surface area (Å²) in [6.07, 6.45) is 2.47. The molecule has 0 amide bonds. The lowest BCUT2D eigenvalue weighted by atomic mass is 9.95. The molecule has 0 saturated carbocycles. The van der Waals surface area contributed by atoms with Crippen molar-refractivity contribution in [2.24, 2.45) is 5.92 Å². The van der Waals surface area contributed by atoms with Crippen LogP contribution in [-0.2, 0) is 11.3 Å². The van der Waals surface area contributed by atoms with Crippen LogP contribution in [0.3, 0.4) is 0 Å². The highest BCUT2D eigenvalue weighted by atomic mass is 16.5. The number of rotatable bonds is 4. The van der Waals surface area contributed by atoms with E-state index >= 15 is 0 Å². The summed E-state index contributed by atoms with van der Waals surface area (Å²) in [7, 11) is 0. The van der Waals surface area contributed by atoms with Gasteiger partial charge >= 0.3 is 0 Å². The highest BCUT2D eigenvalue weighted by Gasteiger charge is 2.24. The number of phenols is 1. The summed E-state index contributed by atoms with van der Waals surface area (Å²) >= 11 is 0. The number of aromatic hydroxyl groups is 1. The lowest BCUT2D eigenvalue weighted by molar-refractivity contribution is -0.0245. The van der Waals surface area contributed by atoms with Gasteiger partial charge in [-0.25, -0.2) is 0 Å². The molecule has 1 saturated heterocycles. The van der Waals surface area contributed by atoms with Crippen LogP contribution in [0, 0.1) is 5.92 Å². The molecular formula is C15H23NO2. The van der Waals surface area contributed by atoms with Gasteiger partial charge in [0.25, 0.3) is 0 Å². The van der Waals surface area contributed by atoms with Gasteiger partial charge in [-0.15, -0.1) is 0 Å². The Morgan fingerprint density at radius 2 is 2.17 bits per heavy atom. The molecule has 2 N–H and O–H groups in total. The number of para-hydroxylation sites is 1. The van der Waals surface area contributed by atoms with Crippen molar-refractivity contribution in [3.05, 3.63) is 29.8 Å². The molecule has 3 nitrogen and oxygen atoms in total. The summed E-state index contributed by atoms with van der Waals surface area (Å²) in [5, 5.41) is 13.2. The van der Waals surface area contributed by atoms with E-state index in [1.807, 2.05) is 18.2 Å². The zero-order valence-electron chi connectivity index (χ0n) is 11.2. The van der Waals surface area contributed by atoms with Crippen LogP contribution in [-0.4, -0.2) is 23.9 Å². The average Bonchev–Trinajstić information content (AvgIpc) is 2.38. The molecule has 0 aromatic heterocycles. The maximum absolute atomic E-state index is 9.72. The molecular weight excluding hydrogens is 226 g/mol. The van der Waals surface area contributed by atoms with Crippen LogP contribution in [0.15, 0.2) is 24.3 Å². The Morgan fingerprint density at radius 1 is 1.39 bits per heavy atom. The molecule has 100 valence electrons. The maximum atomic E-state index is 9.72. The number of nitrogens with one attached hydrogen (secondary N) is 1. The second-order valence-corrected chi connectivity index (χ2v) is 5.38. The fraction of sp³-hybridized carbons (Fsp3) is 0.600. The summed E-state index contributed by atoms with van der Waals surface area (Å²) in [6.45, 7) is 5.97. The first-order valence-corrected chi connectivity index (χ1v) is 6.78. The van der Waals surface area contributed by atoms with Crippen molar-refractivity contribution in [2.75, 3.05) is 6.61 Å². The molecule has 0 bridgehead atoms. The zero-order chi connectivity index (χ0) is 13.0. The Morgan fingerprint density at radius 3 is 2.89 bits per heavy atom. The van der Waals surface area contributed by atoms with E-state index in [9.17, 15) is 5.11 Å². The molecule has 1 heterocycles. The van der Waals surface area contributed by atoms with E-state index in [1.54, 1.807) is 6.07 Å². The smallest absolute Gasteiger partial charge is 0.120 e. The predicted molar refractivity (Wildman–Crippen MR) is 72.5 cm³/mol. The third kappa shape index (κ3) is 3.47. The first-order chi connectivity index (χ1) is 8.66. The molecule has 0 spiro atoms. The molecule has 0 radical (unpaired) electrons. The van der Waals surface area contributed by atoms with Crippen LogP contribution in [0.1, 0.15) is 32.3 Å². The SMILES string of the molecule is CC(C)C1CC(NCc2ccccc2O)CCO1. The standard InChI is InChI=1S/C15H23NO2/c1-11(2)15-9-13(7-8-18-15)16-10-12-5-3-4-6-14(12)17/h3-6,11,13,15-17H,7-10H2,1-2H3. The van der Waals surface area contributed by atoms with E-state index in [-0.39, 0.29) is 0 Å². The fourth-order valence-corrected chi connectivity index (χ4v) is 2.39. The Labute approximate surface area is 109 Å². The van der Waals surface area contributed by atoms with Crippen LogP contribution in [0.5, 0.6) is 5.75 Å². The van der Waals surface area contributed by atoms with Crippen molar-refractivity contribution in [1.82, 2.24) is 5.32 Å². The minimum absolute atomic E-state index is 0.362. The summed E-state index contributed by atoms with van der Waals surface area (Å²) < 4.78 is 5.76. The summed E-state index contributed by atoms with van der Waals surface area (Å²) in [5.74, 6) is 0.942. The molecule has 18 heavy (non-hydrogen) atoms. The lowest BCUT2D eigenvalue weighted by Crippen LogP contribution is -2.40. The van der Waals surface area contributed by atoms with Crippen molar-refractivity contribution < 1.29 is 9.84 Å². The van der Waals surface area contributed by atoms with Gasteiger partial charge in [0.05, 0.1) is 6.10 Å². The minimum atomic E-state index is 0.362. The van der Waals surface area contributed by atoms with Crippen molar-refractivity contribution >= 4 is 0 Å². The van der Waals surface area contributed by atoms with Crippen LogP contribution in [0.4, 0.5) is 0 Å². The van der Waals surface area contributed by atoms with Crippen LogP contribution >= 0.6 is 0 Å². The molecule has 1 aromatic carbocycles. The maximum Gasteiger partial charge on any atom is 0.120 e. The van der Waals surface area contributed by atoms with Gasteiger partial charge in [0.2, 0.25) is 0 Å². The Hall–Kier alpha value is -1.06. The number of phenolic OH excluding ortho intramolecular Hbond substituents is 1. The molecule has 1 fully saturated rings. The first-order valence-electron chi connectivity index (χ1n) is 6.78. The number of benzene rings is 1. The summed E-state index contributed by atoms with van der Waals surface area (Å²) in [5.41, 5.74) is 0.963. The molecule has 3 heteroatoms. The van der Waals surface area contributed by atoms with E-state index in [1.165, 1.54) is 0 Å². The molecule has 1 aliphatic rings. The Bertz CT molecular complexity index is 379. The van der Waals surface area contributed by atoms with E-state index in [0.29, 0.717) is 23.8 Å². The number of ether oxygens (including phenoxy) is 1. The molecule has 2 unspecified atom stereocenters. The van der Waals surface area contributed by atoms with Gasteiger partial charge < -0.3 is 15.2 Å². The molecule has 1 aromatic rings. The lowest BCUT2D eigenvalue weighted by Gasteiger charge is -2.32. The van der Waals surface area contributed by atoms with E-state index in [4.69, 9.17) is 4.74 Å². The third-order valence-corrected chi connectivity index (χ3v) is 3.63. The van der Waals surface area contributed by atoms with Crippen molar-refractivity contribution in [1.29, 1.82) is 0 Å². The van der Waals surface area contributed by atoms with Gasteiger partial charge in [-0.3, -0.25) is 0 Å². The van der Waals surface area contributed by atoms with Crippen LogP contribution in [0.25, 0.3) is 0 Å². The number of hydrogen-bond donors (Lipinski definition) is 2. The molecule has 1 aliphatic heterocycles. The monoisotopic (exact) mass is 249 g/mol. The van der Waals surface area contributed by atoms with Crippen LogP contribution in [0.2, 0.25) is 0 Å². The second-order valence-electron chi connectivity index (χ2n) is 5.38. The van der Waals surface area contributed by atoms with Crippen molar-refractivity contribution in [3.8, 4) is 5.75 Å². The normalized spacial score (nSPS) is 24.4. The molecule has 2 rings (SSSR count). The highest BCUT2D eigenvalue weighted by molar-refractivity contribution is 5.31. The number of hydrogen-bond acceptors (Lipinski definition) is 3. The van der Waals surface area contributed by atoms with E-state index in [0.717, 1.165) is 31.6 Å². The predicted octanol–water partition coefficient (Wildman–Crippen LogP) is 2.69. The summed E-state index contributed by atoms with van der Waals surface area (Å²) in [6, 6.07) is 7.99. The Kier molecular flexibility index (Phi) is 4.61. The highest BCUT2D eigenvalue weighted by Crippen LogP contribution is 2.21. The largest absolute Gasteiger partial charge is 0.508 e. The quantitative estimate of drug-likeness (QED) is 0.862. The second kappa shape index (κ2) is 6.21. The van der Waals surface area contributed by atoms with Gasteiger partial charge in [-0.2, -0.15) is 0 Å². The topological polar surface area (TPSA) is 41.5 Å². The van der Waals surface area contributed by atoms with Gasteiger partial charge in [-0.1, -0.05) is 32.0 Å². The van der Waals surface area contributed by atoms with Gasteiger partial charge in [0.15, 0.2) is 0 Å². The first kappa shape index (κ1) is 13.4. The van der Waals surface area contributed by atoms with Gasteiger partial charge in [-0.05, 0) is 24.8 Å². The molecule has 0 aliphatic carbocycles. The zero-order valence-corrected chi connectivity index (χ0v) is 11.2. The van der Waals surface area contributed by atoms with Crippen molar-refractivity contribution in [2.45, 2.75) is 45.4 Å². The Balaban J connectivity index is 1.85. The van der Waals surface area contributed by atoms with Crippen molar-refractivity contribution in [3.63, 3.8) is 0 Å². The fourth-order valence-electron chi connectivity index (χ4n) is 2.39. The van der Waals surface area contributed by atoms with E-state index in [2.05, 4.69) is 19.2 Å². The third-order valence-electron chi connectivity index (χ3n) is 3.63. The van der Waals surface area contributed by atoms with Gasteiger partial charge in [0.1, 0.15) is 5.75 Å². The van der Waals surface area contributed by atoms with Crippen LogP contribution < -0.4 is 5.32 Å². The minimum Gasteiger partial charge on any atom is -0.508 e. The summed E-state index contributed by atoms with van der Waals surface area (Å²) in [4.78, 5) is 0. The average molecular weight is 249 g/mol.